The van der Waals surface area contributed by atoms with Gasteiger partial charge in [0.05, 0.1) is 6.20 Å². The Hall–Kier alpha value is -1.65. The first-order valence-electron chi connectivity index (χ1n) is 7.74. The second-order valence-corrected chi connectivity index (χ2v) is 5.99. The molecule has 3 rings (SSSR count). The smallest absolute Gasteiger partial charge is 0.0535 e. The second kappa shape index (κ2) is 6.41. The maximum absolute atomic E-state index is 4.06. The number of aromatic nitrogens is 2. The summed E-state index contributed by atoms with van der Waals surface area (Å²) in [5.74, 6) is 0. The minimum Gasteiger partial charge on any atom is -0.311 e. The number of aryl methyl sites for hydroxylation is 1. The fourth-order valence-electron chi connectivity index (χ4n) is 2.99. The lowest BCUT2D eigenvalue weighted by Gasteiger charge is -2.33. The molecule has 1 aromatic carbocycles. The molecule has 0 radical (unpaired) electrons. The predicted molar refractivity (Wildman–Crippen MR) is 85.0 cm³/mol. The van der Waals surface area contributed by atoms with E-state index in [1.807, 2.05) is 6.20 Å². The average molecular weight is 284 g/mol. The van der Waals surface area contributed by atoms with Crippen LogP contribution in [0, 0.1) is 6.92 Å². The van der Waals surface area contributed by atoms with Crippen molar-refractivity contribution in [2.24, 2.45) is 0 Å². The van der Waals surface area contributed by atoms with E-state index in [2.05, 4.69) is 58.5 Å². The second-order valence-electron chi connectivity index (χ2n) is 5.99. The summed E-state index contributed by atoms with van der Waals surface area (Å²) in [7, 11) is 0. The van der Waals surface area contributed by atoms with Crippen LogP contribution in [0.25, 0.3) is 0 Å². The summed E-state index contributed by atoms with van der Waals surface area (Å²) in [5, 5.41) is 10.6. The number of fused-ring (bicyclic) bond motifs is 1. The maximum atomic E-state index is 4.06. The molecule has 0 saturated heterocycles. The third kappa shape index (κ3) is 3.34. The Kier molecular flexibility index (Phi) is 4.36. The van der Waals surface area contributed by atoms with Crippen LogP contribution in [0.15, 0.2) is 30.5 Å². The first-order valence-corrected chi connectivity index (χ1v) is 7.74. The van der Waals surface area contributed by atoms with Gasteiger partial charge in [0.2, 0.25) is 0 Å². The maximum Gasteiger partial charge on any atom is 0.0535 e. The van der Waals surface area contributed by atoms with Crippen LogP contribution >= 0.6 is 0 Å². The highest BCUT2D eigenvalue weighted by molar-refractivity contribution is 5.29. The fourth-order valence-corrected chi connectivity index (χ4v) is 2.99. The quantitative estimate of drug-likeness (QED) is 0.885. The molecule has 1 atom stereocenters. The van der Waals surface area contributed by atoms with E-state index in [0.29, 0.717) is 6.04 Å². The molecule has 2 N–H and O–H groups in total. The minimum absolute atomic E-state index is 0.547. The highest BCUT2D eigenvalue weighted by atomic mass is 15.2. The van der Waals surface area contributed by atoms with Gasteiger partial charge >= 0.3 is 0 Å². The van der Waals surface area contributed by atoms with Gasteiger partial charge < -0.3 is 5.32 Å². The lowest BCUT2D eigenvalue weighted by molar-refractivity contribution is 0.186. The summed E-state index contributed by atoms with van der Waals surface area (Å²) in [6, 6.07) is 9.36. The number of rotatable bonds is 5. The molecular formula is C17H24N4. The van der Waals surface area contributed by atoms with Gasteiger partial charge in [-0.2, -0.15) is 5.10 Å². The molecule has 0 fully saturated rings. The molecule has 0 unspecified atom stereocenters. The molecule has 0 spiro atoms. The van der Waals surface area contributed by atoms with E-state index in [4.69, 9.17) is 0 Å². The van der Waals surface area contributed by atoms with Crippen LogP contribution in [-0.4, -0.2) is 34.2 Å². The standard InChI is InChI=1S/C17H24N4/c1-13(9-18-10-17-11-19-20-14(17)2)21-8-7-15-5-3-4-6-16(15)12-21/h3-6,11,13,18H,7-10,12H2,1-2H3,(H,19,20)/t13-/m0/s1. The van der Waals surface area contributed by atoms with Gasteiger partial charge in [-0.3, -0.25) is 10.00 Å². The Morgan fingerprint density at radius 2 is 2.14 bits per heavy atom. The van der Waals surface area contributed by atoms with Crippen LogP contribution in [0.4, 0.5) is 0 Å². The van der Waals surface area contributed by atoms with Crippen molar-refractivity contribution >= 4 is 0 Å². The van der Waals surface area contributed by atoms with Crippen molar-refractivity contribution in [2.45, 2.75) is 39.4 Å². The Morgan fingerprint density at radius 3 is 2.90 bits per heavy atom. The normalized spacial score (nSPS) is 16.7. The topological polar surface area (TPSA) is 44.0 Å². The summed E-state index contributed by atoms with van der Waals surface area (Å²) in [4.78, 5) is 2.57. The van der Waals surface area contributed by atoms with E-state index < -0.39 is 0 Å². The molecule has 4 nitrogen and oxygen atoms in total. The van der Waals surface area contributed by atoms with E-state index in [-0.39, 0.29) is 0 Å². The van der Waals surface area contributed by atoms with Gasteiger partial charge in [0.25, 0.3) is 0 Å². The molecule has 2 heterocycles. The lowest BCUT2D eigenvalue weighted by atomic mass is 9.99. The van der Waals surface area contributed by atoms with Crippen LogP contribution in [0.2, 0.25) is 0 Å². The number of nitrogens with one attached hydrogen (secondary N) is 2. The van der Waals surface area contributed by atoms with Crippen LogP contribution in [0.3, 0.4) is 0 Å². The van der Waals surface area contributed by atoms with Crippen molar-refractivity contribution in [2.75, 3.05) is 13.1 Å². The van der Waals surface area contributed by atoms with Crippen LogP contribution < -0.4 is 5.32 Å². The van der Waals surface area contributed by atoms with Gasteiger partial charge in [0.1, 0.15) is 0 Å². The molecule has 1 aliphatic heterocycles. The van der Waals surface area contributed by atoms with Gasteiger partial charge in [0, 0.05) is 43.5 Å². The SMILES string of the molecule is Cc1[nH]ncc1CNC[C@H](C)N1CCc2ccccc2C1. The molecule has 1 aromatic heterocycles. The zero-order valence-electron chi connectivity index (χ0n) is 12.9. The van der Waals surface area contributed by atoms with E-state index in [1.165, 1.54) is 23.1 Å². The summed E-state index contributed by atoms with van der Waals surface area (Å²) < 4.78 is 0. The summed E-state index contributed by atoms with van der Waals surface area (Å²) >= 11 is 0. The Bertz CT molecular complexity index is 590. The monoisotopic (exact) mass is 284 g/mol. The van der Waals surface area contributed by atoms with Crippen molar-refractivity contribution in [3.63, 3.8) is 0 Å². The summed E-state index contributed by atoms with van der Waals surface area (Å²) in [5.41, 5.74) is 5.41. The van der Waals surface area contributed by atoms with Gasteiger partial charge in [-0.1, -0.05) is 24.3 Å². The Balaban J connectivity index is 1.50. The fraction of sp³-hybridized carbons (Fsp3) is 0.471. The third-order valence-corrected chi connectivity index (χ3v) is 4.47. The zero-order chi connectivity index (χ0) is 14.7. The third-order valence-electron chi connectivity index (χ3n) is 4.47. The highest BCUT2D eigenvalue weighted by Crippen LogP contribution is 2.19. The van der Waals surface area contributed by atoms with Crippen molar-refractivity contribution in [1.82, 2.24) is 20.4 Å². The molecule has 21 heavy (non-hydrogen) atoms. The average Bonchev–Trinajstić information content (AvgIpc) is 2.92. The van der Waals surface area contributed by atoms with Gasteiger partial charge in [0.15, 0.2) is 0 Å². The minimum atomic E-state index is 0.547. The Labute approximate surface area is 126 Å². The number of aromatic amines is 1. The van der Waals surface area contributed by atoms with E-state index in [9.17, 15) is 0 Å². The highest BCUT2D eigenvalue weighted by Gasteiger charge is 2.19. The molecule has 1 aliphatic rings. The molecule has 2 aromatic rings. The van der Waals surface area contributed by atoms with Crippen LogP contribution in [0.5, 0.6) is 0 Å². The predicted octanol–water partition coefficient (Wildman–Crippen LogP) is 2.25. The first-order chi connectivity index (χ1) is 10.2. The number of H-pyrrole nitrogens is 1. The molecule has 0 saturated carbocycles. The van der Waals surface area contributed by atoms with E-state index in [1.54, 1.807) is 0 Å². The van der Waals surface area contributed by atoms with Crippen molar-refractivity contribution in [3.8, 4) is 0 Å². The van der Waals surface area contributed by atoms with Gasteiger partial charge in [-0.05, 0) is 31.4 Å². The zero-order valence-corrected chi connectivity index (χ0v) is 12.9. The van der Waals surface area contributed by atoms with E-state index in [0.717, 1.165) is 31.9 Å². The van der Waals surface area contributed by atoms with Crippen LogP contribution in [0.1, 0.15) is 29.3 Å². The van der Waals surface area contributed by atoms with Crippen molar-refractivity contribution < 1.29 is 0 Å². The van der Waals surface area contributed by atoms with Gasteiger partial charge in [-0.15, -0.1) is 0 Å². The lowest BCUT2D eigenvalue weighted by Crippen LogP contribution is -2.42. The largest absolute Gasteiger partial charge is 0.311 e. The van der Waals surface area contributed by atoms with E-state index >= 15 is 0 Å². The molecule has 0 aliphatic carbocycles. The number of hydrogen-bond acceptors (Lipinski definition) is 3. The molecule has 4 heteroatoms. The Morgan fingerprint density at radius 1 is 1.33 bits per heavy atom. The van der Waals surface area contributed by atoms with Crippen molar-refractivity contribution in [1.29, 1.82) is 0 Å². The number of nitrogens with zero attached hydrogens (tertiary/aromatic N) is 2. The number of benzene rings is 1. The summed E-state index contributed by atoms with van der Waals surface area (Å²) in [6.07, 6.45) is 3.07. The summed E-state index contributed by atoms with van der Waals surface area (Å²) in [6.45, 7) is 8.50. The first kappa shape index (κ1) is 14.3. The van der Waals surface area contributed by atoms with Crippen LogP contribution in [-0.2, 0) is 19.5 Å². The molecule has 0 amide bonds. The molecule has 112 valence electrons. The van der Waals surface area contributed by atoms with Gasteiger partial charge in [-0.25, -0.2) is 0 Å². The molecular weight excluding hydrogens is 260 g/mol. The number of hydrogen-bond donors (Lipinski definition) is 2. The molecule has 0 bridgehead atoms. The van der Waals surface area contributed by atoms with Crippen molar-refractivity contribution in [3.05, 3.63) is 52.8 Å².